The monoisotopic (exact) mass is 276 g/mol. The van der Waals surface area contributed by atoms with Crippen molar-refractivity contribution >= 4 is 17.7 Å². The van der Waals surface area contributed by atoms with Gasteiger partial charge in [-0.15, -0.1) is 0 Å². The lowest BCUT2D eigenvalue weighted by molar-refractivity contribution is -0.124. The van der Waals surface area contributed by atoms with Gasteiger partial charge in [-0.2, -0.15) is 13.2 Å². The highest BCUT2D eigenvalue weighted by atomic mass is 32.2. The number of hydrogen-bond acceptors (Lipinski definition) is 3. The topological polar surface area (TPSA) is 41.1 Å². The van der Waals surface area contributed by atoms with Crippen LogP contribution in [0.2, 0.25) is 0 Å². The predicted molar refractivity (Wildman–Crippen MR) is 62.1 cm³/mol. The van der Waals surface area contributed by atoms with Crippen LogP contribution in [0.25, 0.3) is 0 Å². The summed E-state index contributed by atoms with van der Waals surface area (Å²) in [4.78, 5) is 11.7. The summed E-state index contributed by atoms with van der Waals surface area (Å²) in [6.45, 7) is 1.22. The Kier molecular flexibility index (Phi) is 3.82. The molecule has 1 heterocycles. The molecule has 1 aliphatic rings. The fraction of sp³-hybridized carbons (Fsp3) is 0.364. The lowest BCUT2D eigenvalue weighted by Gasteiger charge is -2.23. The summed E-state index contributed by atoms with van der Waals surface area (Å²) >= 11 is -0.164. The van der Waals surface area contributed by atoms with Crippen LogP contribution >= 0.6 is 11.8 Å². The molecule has 0 radical (unpaired) electrons. The van der Waals surface area contributed by atoms with E-state index in [-0.39, 0.29) is 22.6 Å². The van der Waals surface area contributed by atoms with Crippen LogP contribution in [0.4, 0.5) is 13.2 Å². The van der Waals surface area contributed by atoms with Crippen LogP contribution in [0.15, 0.2) is 29.2 Å². The Balaban J connectivity index is 2.09. The van der Waals surface area contributed by atoms with Gasteiger partial charge in [-0.3, -0.25) is 4.79 Å². The molecule has 1 saturated heterocycles. The molecule has 7 heteroatoms. The molecule has 2 rings (SSSR count). The molecule has 1 unspecified atom stereocenters. The molecule has 1 aromatic carbocycles. The highest BCUT2D eigenvalue weighted by Crippen LogP contribution is 2.37. The number of amides is 1. The maximum absolute atomic E-state index is 12.1. The van der Waals surface area contributed by atoms with Crippen LogP contribution in [-0.2, 0) is 4.79 Å². The second kappa shape index (κ2) is 5.19. The normalized spacial score (nSPS) is 20.6. The first kappa shape index (κ1) is 13.2. The molecule has 0 spiro atoms. The number of halogens is 3. The Hall–Kier alpha value is -1.21. The van der Waals surface area contributed by atoms with Crippen molar-refractivity contribution in [1.82, 2.24) is 10.6 Å². The zero-order valence-corrected chi connectivity index (χ0v) is 10.1. The molecule has 98 valence electrons. The van der Waals surface area contributed by atoms with E-state index in [0.29, 0.717) is 18.7 Å². The molecule has 1 amide bonds. The second-order valence-corrected chi connectivity index (χ2v) is 4.93. The summed E-state index contributed by atoms with van der Waals surface area (Å²) in [7, 11) is 0. The number of carbonyl (C=O) groups excluding carboxylic acids is 1. The van der Waals surface area contributed by atoms with E-state index in [4.69, 9.17) is 0 Å². The van der Waals surface area contributed by atoms with E-state index in [0.717, 1.165) is 0 Å². The highest BCUT2D eigenvalue weighted by molar-refractivity contribution is 8.00. The number of thioether (sulfide) groups is 1. The van der Waals surface area contributed by atoms with Crippen LogP contribution < -0.4 is 10.6 Å². The van der Waals surface area contributed by atoms with E-state index >= 15 is 0 Å². The van der Waals surface area contributed by atoms with Crippen LogP contribution in [0, 0.1) is 0 Å². The van der Waals surface area contributed by atoms with E-state index in [2.05, 4.69) is 10.6 Å². The first-order valence-electron chi connectivity index (χ1n) is 5.32. The molecule has 1 aromatic rings. The van der Waals surface area contributed by atoms with Crippen LogP contribution in [0.1, 0.15) is 11.6 Å². The van der Waals surface area contributed by atoms with Crippen LogP contribution in [-0.4, -0.2) is 24.5 Å². The van der Waals surface area contributed by atoms with E-state index < -0.39 is 11.6 Å². The molecule has 18 heavy (non-hydrogen) atoms. The highest BCUT2D eigenvalue weighted by Gasteiger charge is 2.29. The molecule has 0 aliphatic carbocycles. The number of rotatable bonds is 2. The van der Waals surface area contributed by atoms with Crippen molar-refractivity contribution in [3.8, 4) is 0 Å². The average Bonchev–Trinajstić information content (AvgIpc) is 2.29. The number of carbonyl (C=O) groups is 1. The summed E-state index contributed by atoms with van der Waals surface area (Å²) in [6, 6.07) is 5.34. The van der Waals surface area contributed by atoms with Crippen molar-refractivity contribution in [3.05, 3.63) is 29.8 Å². The minimum Gasteiger partial charge on any atom is -0.353 e. The number of alkyl halides is 3. The number of piperazine rings is 1. The number of benzene rings is 1. The minimum absolute atomic E-state index is 0.113. The lowest BCUT2D eigenvalue weighted by Crippen LogP contribution is -2.47. The maximum Gasteiger partial charge on any atom is 0.446 e. The molecule has 0 saturated carbocycles. The predicted octanol–water partition coefficient (Wildman–Crippen LogP) is 2.06. The van der Waals surface area contributed by atoms with Gasteiger partial charge in [0.1, 0.15) is 6.04 Å². The summed E-state index contributed by atoms with van der Waals surface area (Å²) in [5.41, 5.74) is -3.62. The molecule has 0 aromatic heterocycles. The maximum atomic E-state index is 12.1. The Labute approximate surface area is 106 Å². The molecule has 1 fully saturated rings. The summed E-state index contributed by atoms with van der Waals surface area (Å²) in [5.74, 6) is -0.155. The molecule has 3 nitrogen and oxygen atoms in total. The Bertz CT molecular complexity index is 433. The largest absolute Gasteiger partial charge is 0.446 e. The average molecular weight is 276 g/mol. The SMILES string of the molecule is O=C1NCCNC1c1ccc(SC(F)(F)F)cc1. The standard InChI is InChI=1S/C11H11F3N2OS/c12-11(13,14)18-8-3-1-7(2-4-8)9-10(17)16-6-5-15-9/h1-4,9,15H,5-6H2,(H,16,17). The quantitative estimate of drug-likeness (QED) is 0.812. The first-order chi connectivity index (χ1) is 8.46. The Morgan fingerprint density at radius 3 is 2.39 bits per heavy atom. The van der Waals surface area contributed by atoms with Gasteiger partial charge in [0.05, 0.1) is 0 Å². The van der Waals surface area contributed by atoms with Crippen molar-refractivity contribution in [3.63, 3.8) is 0 Å². The summed E-state index contributed by atoms with van der Waals surface area (Å²) in [5, 5.41) is 5.71. The van der Waals surface area contributed by atoms with Gasteiger partial charge in [0, 0.05) is 18.0 Å². The van der Waals surface area contributed by atoms with E-state index in [1.165, 1.54) is 24.3 Å². The number of nitrogens with one attached hydrogen (secondary N) is 2. The number of hydrogen-bond donors (Lipinski definition) is 2. The molecule has 1 atom stereocenters. The molecular weight excluding hydrogens is 265 g/mol. The fourth-order valence-electron chi connectivity index (χ4n) is 1.73. The molecular formula is C11H11F3N2OS. The van der Waals surface area contributed by atoms with Gasteiger partial charge in [-0.1, -0.05) is 12.1 Å². The van der Waals surface area contributed by atoms with Crippen molar-refractivity contribution in [2.75, 3.05) is 13.1 Å². The lowest BCUT2D eigenvalue weighted by atomic mass is 10.1. The van der Waals surface area contributed by atoms with Gasteiger partial charge in [-0.05, 0) is 29.5 Å². The Morgan fingerprint density at radius 2 is 1.83 bits per heavy atom. The zero-order chi connectivity index (χ0) is 13.2. The third-order valence-corrected chi connectivity index (χ3v) is 3.22. The van der Waals surface area contributed by atoms with Crippen molar-refractivity contribution in [2.45, 2.75) is 16.4 Å². The Morgan fingerprint density at radius 1 is 1.17 bits per heavy atom. The minimum atomic E-state index is -4.29. The summed E-state index contributed by atoms with van der Waals surface area (Å²) in [6.07, 6.45) is 0. The van der Waals surface area contributed by atoms with Gasteiger partial charge >= 0.3 is 5.51 Å². The molecule has 1 aliphatic heterocycles. The smallest absolute Gasteiger partial charge is 0.353 e. The van der Waals surface area contributed by atoms with Gasteiger partial charge < -0.3 is 10.6 Å². The zero-order valence-electron chi connectivity index (χ0n) is 9.25. The third kappa shape index (κ3) is 3.39. The fourth-order valence-corrected chi connectivity index (χ4v) is 2.27. The van der Waals surface area contributed by atoms with E-state index in [1.807, 2.05) is 0 Å². The van der Waals surface area contributed by atoms with Gasteiger partial charge in [0.15, 0.2) is 0 Å². The van der Waals surface area contributed by atoms with Gasteiger partial charge in [0.2, 0.25) is 5.91 Å². The van der Waals surface area contributed by atoms with Crippen molar-refractivity contribution in [1.29, 1.82) is 0 Å². The molecule has 2 N–H and O–H groups in total. The van der Waals surface area contributed by atoms with Gasteiger partial charge in [0.25, 0.3) is 0 Å². The van der Waals surface area contributed by atoms with Crippen molar-refractivity contribution in [2.24, 2.45) is 0 Å². The summed E-state index contributed by atoms with van der Waals surface area (Å²) < 4.78 is 36.4. The van der Waals surface area contributed by atoms with Crippen LogP contribution in [0.5, 0.6) is 0 Å². The van der Waals surface area contributed by atoms with Crippen molar-refractivity contribution < 1.29 is 18.0 Å². The first-order valence-corrected chi connectivity index (χ1v) is 6.14. The van der Waals surface area contributed by atoms with Gasteiger partial charge in [-0.25, -0.2) is 0 Å². The molecule has 0 bridgehead atoms. The third-order valence-electron chi connectivity index (χ3n) is 2.48. The van der Waals surface area contributed by atoms with E-state index in [9.17, 15) is 18.0 Å². The van der Waals surface area contributed by atoms with E-state index in [1.54, 1.807) is 0 Å². The van der Waals surface area contributed by atoms with Crippen LogP contribution in [0.3, 0.4) is 0 Å². The second-order valence-electron chi connectivity index (χ2n) is 3.80.